The monoisotopic (exact) mass is 403 g/mol. The van der Waals surface area contributed by atoms with Crippen LogP contribution in [0.25, 0.3) is 0 Å². The molecule has 0 radical (unpaired) electrons. The Kier molecular flexibility index (Phi) is 9.79. The molecule has 2 aromatic rings. The quantitative estimate of drug-likeness (QED) is 0.446. The molecule has 2 N–H and O–H groups in total. The van der Waals surface area contributed by atoms with E-state index in [0.717, 1.165) is 49.7 Å². The van der Waals surface area contributed by atoms with E-state index >= 15 is 0 Å². The van der Waals surface area contributed by atoms with Gasteiger partial charge in [-0.05, 0) is 45.1 Å². The number of ether oxygens (including phenoxy) is 1. The SMILES string of the molecule is CCNC(=NCc1cccc(OCCN(C)C)c1)NCCc1ncc(CC)s1. The first-order valence-corrected chi connectivity index (χ1v) is 10.7. The van der Waals surface area contributed by atoms with Crippen molar-refractivity contribution in [3.63, 3.8) is 0 Å². The molecule has 0 aliphatic rings. The fraction of sp³-hybridized carbons (Fsp3) is 0.524. The van der Waals surface area contributed by atoms with Crippen molar-refractivity contribution in [2.75, 3.05) is 40.3 Å². The molecule has 0 bridgehead atoms. The highest BCUT2D eigenvalue weighted by molar-refractivity contribution is 7.11. The number of aryl methyl sites for hydroxylation is 1. The van der Waals surface area contributed by atoms with Gasteiger partial charge >= 0.3 is 0 Å². The van der Waals surface area contributed by atoms with Crippen molar-refractivity contribution in [3.8, 4) is 5.75 Å². The van der Waals surface area contributed by atoms with Gasteiger partial charge in [-0.1, -0.05) is 19.1 Å². The molecule has 28 heavy (non-hydrogen) atoms. The van der Waals surface area contributed by atoms with E-state index in [1.54, 1.807) is 11.3 Å². The molecule has 0 spiro atoms. The molecular formula is C21H33N5OS. The van der Waals surface area contributed by atoms with Crippen LogP contribution >= 0.6 is 11.3 Å². The van der Waals surface area contributed by atoms with Crippen LogP contribution in [0.1, 0.15) is 29.3 Å². The average molecular weight is 404 g/mol. The lowest BCUT2D eigenvalue weighted by molar-refractivity contribution is 0.261. The standard InChI is InChI=1S/C21H33N5OS/c1-5-19-16-24-20(28-19)10-11-23-21(22-6-2)25-15-17-8-7-9-18(14-17)27-13-12-26(3)4/h7-9,14,16H,5-6,10-13,15H2,1-4H3,(H2,22,23,25). The number of likely N-dealkylation sites (N-methyl/N-ethyl adjacent to an activating group) is 1. The number of hydrogen-bond donors (Lipinski definition) is 2. The van der Waals surface area contributed by atoms with E-state index in [1.165, 1.54) is 9.88 Å². The number of guanidine groups is 1. The molecular weight excluding hydrogens is 370 g/mol. The zero-order valence-corrected chi connectivity index (χ0v) is 18.3. The van der Waals surface area contributed by atoms with Gasteiger partial charge in [-0.3, -0.25) is 0 Å². The van der Waals surface area contributed by atoms with E-state index in [-0.39, 0.29) is 0 Å². The second kappa shape index (κ2) is 12.4. The molecule has 0 atom stereocenters. The highest BCUT2D eigenvalue weighted by Crippen LogP contribution is 2.14. The lowest BCUT2D eigenvalue weighted by Gasteiger charge is -2.12. The fourth-order valence-corrected chi connectivity index (χ4v) is 3.37. The summed E-state index contributed by atoms with van der Waals surface area (Å²) >= 11 is 1.79. The van der Waals surface area contributed by atoms with Gasteiger partial charge in [0.2, 0.25) is 0 Å². The third-order valence-corrected chi connectivity index (χ3v) is 5.25. The van der Waals surface area contributed by atoms with Gasteiger partial charge in [0, 0.05) is 37.1 Å². The Labute approximate surface area is 173 Å². The maximum atomic E-state index is 5.81. The van der Waals surface area contributed by atoms with Gasteiger partial charge in [0.15, 0.2) is 5.96 Å². The Hall–Kier alpha value is -2.12. The Morgan fingerprint density at radius 3 is 2.82 bits per heavy atom. The number of nitrogens with zero attached hydrogens (tertiary/aromatic N) is 3. The van der Waals surface area contributed by atoms with Gasteiger partial charge in [0.25, 0.3) is 0 Å². The predicted molar refractivity (Wildman–Crippen MR) is 119 cm³/mol. The normalized spacial score (nSPS) is 11.7. The lowest BCUT2D eigenvalue weighted by atomic mass is 10.2. The molecule has 6 nitrogen and oxygen atoms in total. The van der Waals surface area contributed by atoms with Gasteiger partial charge in [-0.15, -0.1) is 11.3 Å². The van der Waals surface area contributed by atoms with Crippen LogP contribution in [0.15, 0.2) is 35.5 Å². The van der Waals surface area contributed by atoms with Crippen LogP contribution in [0.4, 0.5) is 0 Å². The number of thiazole rings is 1. The third-order valence-electron chi connectivity index (χ3n) is 4.05. The Balaban J connectivity index is 1.85. The van der Waals surface area contributed by atoms with Crippen molar-refractivity contribution >= 4 is 17.3 Å². The van der Waals surface area contributed by atoms with E-state index in [9.17, 15) is 0 Å². The molecule has 0 saturated heterocycles. The number of aliphatic imine (C=N–C) groups is 1. The molecule has 0 aliphatic carbocycles. The predicted octanol–water partition coefficient (Wildman–Crippen LogP) is 2.94. The number of nitrogens with one attached hydrogen (secondary N) is 2. The van der Waals surface area contributed by atoms with Crippen molar-refractivity contribution in [2.45, 2.75) is 33.2 Å². The summed E-state index contributed by atoms with van der Waals surface area (Å²) in [5.74, 6) is 1.72. The highest BCUT2D eigenvalue weighted by Gasteiger charge is 2.03. The van der Waals surface area contributed by atoms with E-state index < -0.39 is 0 Å². The van der Waals surface area contributed by atoms with Crippen molar-refractivity contribution in [3.05, 3.63) is 45.9 Å². The van der Waals surface area contributed by atoms with Crippen molar-refractivity contribution in [1.29, 1.82) is 0 Å². The van der Waals surface area contributed by atoms with Gasteiger partial charge in [0.05, 0.1) is 11.6 Å². The van der Waals surface area contributed by atoms with Gasteiger partial charge in [0.1, 0.15) is 12.4 Å². The van der Waals surface area contributed by atoms with Crippen molar-refractivity contribution in [2.24, 2.45) is 4.99 Å². The van der Waals surface area contributed by atoms with E-state index in [0.29, 0.717) is 13.2 Å². The molecule has 7 heteroatoms. The maximum absolute atomic E-state index is 5.81. The Morgan fingerprint density at radius 1 is 1.25 bits per heavy atom. The summed E-state index contributed by atoms with van der Waals surface area (Å²) in [4.78, 5) is 12.6. The fourth-order valence-electron chi connectivity index (χ4n) is 2.51. The summed E-state index contributed by atoms with van der Waals surface area (Å²) in [6, 6.07) is 8.15. The minimum atomic E-state index is 0.609. The first-order valence-electron chi connectivity index (χ1n) is 9.93. The largest absolute Gasteiger partial charge is 0.492 e. The molecule has 1 aromatic carbocycles. The van der Waals surface area contributed by atoms with Crippen LogP contribution in [0.2, 0.25) is 0 Å². The number of rotatable bonds is 11. The number of benzene rings is 1. The molecule has 0 saturated carbocycles. The summed E-state index contributed by atoms with van der Waals surface area (Å²) in [6.45, 7) is 8.07. The molecule has 0 amide bonds. The Morgan fingerprint density at radius 2 is 2.11 bits per heavy atom. The van der Waals surface area contributed by atoms with Crippen LogP contribution in [0, 0.1) is 0 Å². The van der Waals surface area contributed by atoms with Crippen LogP contribution in [-0.4, -0.2) is 56.2 Å². The first-order chi connectivity index (χ1) is 13.6. The zero-order valence-electron chi connectivity index (χ0n) is 17.5. The minimum absolute atomic E-state index is 0.609. The van der Waals surface area contributed by atoms with Gasteiger partial charge < -0.3 is 20.3 Å². The lowest BCUT2D eigenvalue weighted by Crippen LogP contribution is -2.38. The van der Waals surface area contributed by atoms with Crippen LogP contribution < -0.4 is 15.4 Å². The molecule has 0 fully saturated rings. The van der Waals surface area contributed by atoms with Crippen LogP contribution in [-0.2, 0) is 19.4 Å². The molecule has 1 aromatic heterocycles. The Bertz CT molecular complexity index is 729. The molecule has 0 aliphatic heterocycles. The summed E-state index contributed by atoms with van der Waals surface area (Å²) in [7, 11) is 4.09. The summed E-state index contributed by atoms with van der Waals surface area (Å²) in [5.41, 5.74) is 1.13. The summed E-state index contributed by atoms with van der Waals surface area (Å²) in [6.07, 6.45) is 3.93. The third kappa shape index (κ3) is 8.27. The first kappa shape index (κ1) is 22.2. The average Bonchev–Trinajstić information content (AvgIpc) is 3.14. The van der Waals surface area contributed by atoms with Crippen molar-refractivity contribution < 1.29 is 4.74 Å². The second-order valence-electron chi connectivity index (χ2n) is 6.74. The van der Waals surface area contributed by atoms with E-state index in [4.69, 9.17) is 9.73 Å². The zero-order chi connectivity index (χ0) is 20.2. The molecule has 2 rings (SSSR count). The minimum Gasteiger partial charge on any atom is -0.492 e. The molecule has 1 heterocycles. The smallest absolute Gasteiger partial charge is 0.191 e. The highest BCUT2D eigenvalue weighted by atomic mass is 32.1. The van der Waals surface area contributed by atoms with Gasteiger partial charge in [-0.2, -0.15) is 0 Å². The second-order valence-corrected chi connectivity index (χ2v) is 7.94. The summed E-state index contributed by atoms with van der Waals surface area (Å²) < 4.78 is 5.81. The maximum Gasteiger partial charge on any atom is 0.191 e. The number of hydrogen-bond acceptors (Lipinski definition) is 5. The summed E-state index contributed by atoms with van der Waals surface area (Å²) in [5, 5.41) is 7.87. The number of aromatic nitrogens is 1. The van der Waals surface area contributed by atoms with E-state index in [2.05, 4.69) is 46.5 Å². The van der Waals surface area contributed by atoms with Crippen LogP contribution in [0.5, 0.6) is 5.75 Å². The van der Waals surface area contributed by atoms with E-state index in [1.807, 2.05) is 32.4 Å². The van der Waals surface area contributed by atoms with Crippen LogP contribution in [0.3, 0.4) is 0 Å². The topological polar surface area (TPSA) is 61.8 Å². The molecule has 0 unspecified atom stereocenters. The van der Waals surface area contributed by atoms with Crippen molar-refractivity contribution in [1.82, 2.24) is 20.5 Å². The molecule has 154 valence electrons. The van der Waals surface area contributed by atoms with Gasteiger partial charge in [-0.25, -0.2) is 9.98 Å².